The van der Waals surface area contributed by atoms with Crippen LogP contribution in [0.1, 0.15) is 62.3 Å². The third-order valence-corrected chi connectivity index (χ3v) is 9.66. The fraction of sp³-hybridized carbons (Fsp3) is 0.216. The standard InChI is InChI=1S/C37H31Cl2N3O5/c1-22-31(19-41-21-40-33(38)34(41)39)46-37(47-32(22)26-11-9-23(20-43)10-12-26)27-15-13-25(14-16-27)28-6-4-5-24(17-28)18-42-35(44)29-7-2-3-8-30(29)36(42)45/h2-17,21-22,31-32,37,43H,18-20H2,1H3/t22-,31+,32+,37+/m1/s1. The molecule has 238 valence electrons. The second-order valence-corrected chi connectivity index (χ2v) is 12.6. The maximum Gasteiger partial charge on any atom is 0.261 e. The second-order valence-electron chi connectivity index (χ2n) is 11.9. The van der Waals surface area contributed by atoms with Gasteiger partial charge in [0.1, 0.15) is 5.15 Å². The zero-order chi connectivity index (χ0) is 32.7. The van der Waals surface area contributed by atoms with Crippen LogP contribution in [-0.2, 0) is 29.2 Å². The number of hydrogen-bond donors (Lipinski definition) is 1. The Morgan fingerprint density at radius 3 is 2.11 bits per heavy atom. The number of aliphatic hydroxyl groups excluding tert-OH is 1. The number of rotatable bonds is 8. The monoisotopic (exact) mass is 667 g/mol. The van der Waals surface area contributed by atoms with Crippen LogP contribution in [0.3, 0.4) is 0 Å². The molecule has 1 aromatic heterocycles. The van der Waals surface area contributed by atoms with Gasteiger partial charge in [-0.05, 0) is 46.0 Å². The molecule has 0 bridgehead atoms. The molecular weight excluding hydrogens is 637 g/mol. The van der Waals surface area contributed by atoms with E-state index in [-0.39, 0.29) is 48.2 Å². The largest absolute Gasteiger partial charge is 0.392 e. The van der Waals surface area contributed by atoms with Crippen LogP contribution in [0.5, 0.6) is 0 Å². The fourth-order valence-electron chi connectivity index (χ4n) is 6.24. The summed E-state index contributed by atoms with van der Waals surface area (Å²) in [6.45, 7) is 2.67. The van der Waals surface area contributed by atoms with E-state index in [2.05, 4.69) is 11.9 Å². The van der Waals surface area contributed by atoms with Gasteiger partial charge in [-0.1, -0.05) is 109 Å². The summed E-state index contributed by atoms with van der Waals surface area (Å²) < 4.78 is 14.9. The van der Waals surface area contributed by atoms with Crippen LogP contribution < -0.4 is 0 Å². The number of aromatic nitrogens is 2. The molecule has 2 aliphatic rings. The summed E-state index contributed by atoms with van der Waals surface area (Å²) in [5, 5.41) is 10.1. The van der Waals surface area contributed by atoms with Gasteiger partial charge in [0, 0.05) is 11.5 Å². The van der Waals surface area contributed by atoms with Crippen LogP contribution in [0.2, 0.25) is 10.3 Å². The summed E-state index contributed by atoms with van der Waals surface area (Å²) in [5.41, 5.74) is 6.30. The summed E-state index contributed by atoms with van der Waals surface area (Å²) in [5.74, 6) is -0.601. The molecular formula is C37H31Cl2N3O5. The van der Waals surface area contributed by atoms with Crippen molar-refractivity contribution in [2.45, 2.75) is 45.1 Å². The fourth-order valence-corrected chi connectivity index (χ4v) is 6.55. The number of halogens is 2. The van der Waals surface area contributed by atoms with Crippen molar-refractivity contribution in [2.75, 3.05) is 0 Å². The first kappa shape index (κ1) is 31.3. The lowest BCUT2D eigenvalue weighted by molar-refractivity contribution is -0.276. The van der Waals surface area contributed by atoms with Gasteiger partial charge in [0.15, 0.2) is 11.4 Å². The molecule has 1 fully saturated rings. The normalized spacial score (nSPS) is 20.9. The van der Waals surface area contributed by atoms with Crippen LogP contribution in [0.4, 0.5) is 0 Å². The van der Waals surface area contributed by atoms with Crippen molar-refractivity contribution < 1.29 is 24.2 Å². The minimum Gasteiger partial charge on any atom is -0.392 e. The molecule has 4 atom stereocenters. The number of carbonyl (C=O) groups excluding carboxylic acids is 2. The summed E-state index contributed by atoms with van der Waals surface area (Å²) in [4.78, 5) is 31.2. The van der Waals surface area contributed by atoms with Gasteiger partial charge in [0.25, 0.3) is 11.8 Å². The van der Waals surface area contributed by atoms with E-state index in [1.807, 2.05) is 72.8 Å². The first-order chi connectivity index (χ1) is 22.8. The Morgan fingerprint density at radius 1 is 0.787 bits per heavy atom. The molecule has 1 N–H and O–H groups in total. The number of nitrogens with zero attached hydrogens (tertiary/aromatic N) is 3. The Bertz CT molecular complexity index is 1910. The van der Waals surface area contributed by atoms with E-state index in [0.29, 0.717) is 22.8 Å². The number of carbonyl (C=O) groups is 2. The van der Waals surface area contributed by atoms with Gasteiger partial charge < -0.3 is 19.1 Å². The molecule has 8 nitrogen and oxygen atoms in total. The van der Waals surface area contributed by atoms with Gasteiger partial charge in [-0.25, -0.2) is 4.98 Å². The van der Waals surface area contributed by atoms with Crippen molar-refractivity contribution in [2.24, 2.45) is 5.92 Å². The highest BCUT2D eigenvalue weighted by atomic mass is 35.5. The number of imidazole rings is 1. The summed E-state index contributed by atoms with van der Waals surface area (Å²) in [6.07, 6.45) is 0.374. The van der Waals surface area contributed by atoms with E-state index in [0.717, 1.165) is 33.4 Å². The zero-order valence-corrected chi connectivity index (χ0v) is 26.9. The van der Waals surface area contributed by atoms with Crippen LogP contribution in [0, 0.1) is 5.92 Å². The number of amides is 2. The summed E-state index contributed by atoms with van der Waals surface area (Å²) >= 11 is 12.5. The minimum atomic E-state index is -0.661. The number of ether oxygens (including phenoxy) is 2. The lowest BCUT2D eigenvalue weighted by Gasteiger charge is -2.41. The predicted molar refractivity (Wildman–Crippen MR) is 178 cm³/mol. The van der Waals surface area contributed by atoms with Crippen molar-refractivity contribution in [1.82, 2.24) is 14.5 Å². The molecule has 4 aromatic carbocycles. The Hall–Kier alpha value is -4.31. The van der Waals surface area contributed by atoms with E-state index < -0.39 is 6.29 Å². The predicted octanol–water partition coefficient (Wildman–Crippen LogP) is 7.64. The van der Waals surface area contributed by atoms with Crippen LogP contribution in [0.15, 0.2) is 103 Å². The van der Waals surface area contributed by atoms with Gasteiger partial charge >= 0.3 is 0 Å². The van der Waals surface area contributed by atoms with Crippen molar-refractivity contribution in [3.63, 3.8) is 0 Å². The topological polar surface area (TPSA) is 93.9 Å². The molecule has 7 rings (SSSR count). The molecule has 10 heteroatoms. The lowest BCUT2D eigenvalue weighted by atomic mass is 9.90. The maximum atomic E-state index is 12.9. The highest BCUT2D eigenvalue weighted by Crippen LogP contribution is 2.43. The van der Waals surface area contributed by atoms with Gasteiger partial charge in [0.2, 0.25) is 0 Å². The quantitative estimate of drug-likeness (QED) is 0.171. The first-order valence-electron chi connectivity index (χ1n) is 15.3. The van der Waals surface area contributed by atoms with E-state index in [4.69, 9.17) is 32.7 Å². The average Bonchev–Trinajstić information content (AvgIpc) is 3.55. The molecule has 3 heterocycles. The Labute approximate surface area is 282 Å². The summed E-state index contributed by atoms with van der Waals surface area (Å²) in [7, 11) is 0. The minimum absolute atomic E-state index is 0.0341. The number of hydrogen-bond acceptors (Lipinski definition) is 6. The zero-order valence-electron chi connectivity index (χ0n) is 25.4. The molecule has 5 aromatic rings. The number of aliphatic hydroxyl groups is 1. The summed E-state index contributed by atoms with van der Waals surface area (Å²) in [6, 6.07) is 30.5. The van der Waals surface area contributed by atoms with Gasteiger partial charge in [0.05, 0.1) is 49.4 Å². The van der Waals surface area contributed by atoms with Crippen molar-refractivity contribution >= 4 is 35.0 Å². The van der Waals surface area contributed by atoms with Gasteiger partial charge in [-0.2, -0.15) is 0 Å². The van der Waals surface area contributed by atoms with Crippen LogP contribution in [-0.4, -0.2) is 37.5 Å². The highest BCUT2D eigenvalue weighted by Gasteiger charge is 2.39. The van der Waals surface area contributed by atoms with E-state index in [1.54, 1.807) is 35.2 Å². The molecule has 47 heavy (non-hydrogen) atoms. The molecule has 0 aliphatic carbocycles. The van der Waals surface area contributed by atoms with Gasteiger partial charge in [-0.3, -0.25) is 14.5 Å². The number of benzene rings is 4. The Morgan fingerprint density at radius 2 is 1.47 bits per heavy atom. The molecule has 0 radical (unpaired) electrons. The molecule has 0 saturated carbocycles. The van der Waals surface area contributed by atoms with E-state index in [1.165, 1.54) is 4.90 Å². The third kappa shape index (κ3) is 6.11. The smallest absolute Gasteiger partial charge is 0.261 e. The number of fused-ring (bicyclic) bond motifs is 1. The highest BCUT2D eigenvalue weighted by molar-refractivity contribution is 6.40. The Kier molecular flexibility index (Phi) is 8.70. The molecule has 2 aliphatic heterocycles. The van der Waals surface area contributed by atoms with E-state index in [9.17, 15) is 14.7 Å². The Balaban J connectivity index is 1.12. The average molecular weight is 669 g/mol. The van der Waals surface area contributed by atoms with Gasteiger partial charge in [-0.15, -0.1) is 0 Å². The molecule has 1 saturated heterocycles. The van der Waals surface area contributed by atoms with Crippen molar-refractivity contribution in [3.8, 4) is 11.1 Å². The second kappa shape index (κ2) is 13.1. The maximum absolute atomic E-state index is 12.9. The lowest BCUT2D eigenvalue weighted by Crippen LogP contribution is -2.39. The molecule has 0 spiro atoms. The first-order valence-corrected chi connectivity index (χ1v) is 16.1. The van der Waals surface area contributed by atoms with Crippen LogP contribution in [0.25, 0.3) is 11.1 Å². The van der Waals surface area contributed by atoms with Crippen molar-refractivity contribution in [1.29, 1.82) is 0 Å². The van der Waals surface area contributed by atoms with Crippen LogP contribution >= 0.6 is 23.2 Å². The SMILES string of the molecule is C[C@@H]1[C@H](Cn2cnc(Cl)c2Cl)O[C@H](c2ccc(-c3cccc(CN4C(=O)c5ccccc5C4=O)c3)cc2)O[C@@H]1c1ccc(CO)cc1. The molecule has 0 unspecified atom stereocenters. The third-order valence-electron chi connectivity index (χ3n) is 8.89. The molecule has 2 amide bonds. The van der Waals surface area contributed by atoms with Crippen molar-refractivity contribution in [3.05, 3.63) is 147 Å². The van der Waals surface area contributed by atoms with E-state index >= 15 is 0 Å². The number of imide groups is 1.